The van der Waals surface area contributed by atoms with Crippen molar-refractivity contribution < 1.29 is 14.5 Å². The van der Waals surface area contributed by atoms with Crippen LogP contribution in [0.15, 0.2) is 77.8 Å². The summed E-state index contributed by atoms with van der Waals surface area (Å²) in [5.74, 6) is -1.12. The average molecular weight is 416 g/mol. The van der Waals surface area contributed by atoms with Gasteiger partial charge in [0.05, 0.1) is 5.92 Å². The smallest absolute Gasteiger partial charge is 0.346 e. The normalized spacial score (nSPS) is 19.7. The number of cyclic esters (lactones) is 1. The Labute approximate surface area is 180 Å². The van der Waals surface area contributed by atoms with Crippen LogP contribution in [0.3, 0.4) is 0 Å². The first-order valence-electron chi connectivity index (χ1n) is 10.2. The van der Waals surface area contributed by atoms with Crippen LogP contribution in [0.1, 0.15) is 37.8 Å². The summed E-state index contributed by atoms with van der Waals surface area (Å²) in [5, 5.41) is 13.7. The zero-order valence-electron chi connectivity index (χ0n) is 17.7. The number of rotatable bonds is 5. The van der Waals surface area contributed by atoms with Gasteiger partial charge in [-0.05, 0) is 21.9 Å². The molecule has 0 bridgehead atoms. The van der Waals surface area contributed by atoms with Gasteiger partial charge in [0.15, 0.2) is 5.54 Å². The number of ether oxygens (including phenoxy) is 1. The lowest BCUT2D eigenvalue weighted by atomic mass is 9.74. The Morgan fingerprint density at radius 2 is 1.65 bits per heavy atom. The molecule has 158 valence electrons. The summed E-state index contributed by atoms with van der Waals surface area (Å²) in [7, 11) is 0. The molecule has 1 heterocycles. The molecule has 1 aliphatic heterocycles. The highest BCUT2D eigenvalue weighted by Crippen LogP contribution is 2.47. The first kappa shape index (κ1) is 20.7. The fourth-order valence-electron chi connectivity index (χ4n) is 4.06. The summed E-state index contributed by atoms with van der Waals surface area (Å²) < 4.78 is 5.66. The summed E-state index contributed by atoms with van der Waals surface area (Å²) in [5.41, 5.74) is -0.789. The highest BCUT2D eigenvalue weighted by atomic mass is 16.6. The number of nitro groups is 1. The molecule has 0 fully saturated rings. The molecule has 0 radical (unpaired) electrons. The number of carbonyl (C=O) groups is 1. The van der Waals surface area contributed by atoms with Gasteiger partial charge in [0, 0.05) is 10.3 Å². The SMILES string of the molecule is CC(C)(C)C1=NC(c2ccccc2)(C(C[N+](=O)[O-])c2ccc3ccccc3c2)C(=O)O1. The molecule has 3 aromatic carbocycles. The van der Waals surface area contributed by atoms with E-state index in [-0.39, 0.29) is 10.8 Å². The van der Waals surface area contributed by atoms with Crippen molar-refractivity contribution in [2.24, 2.45) is 10.4 Å². The molecule has 31 heavy (non-hydrogen) atoms. The third-order valence-electron chi connectivity index (χ3n) is 5.65. The molecule has 2 atom stereocenters. The number of esters is 1. The minimum absolute atomic E-state index is 0.287. The number of benzene rings is 3. The van der Waals surface area contributed by atoms with Crippen LogP contribution < -0.4 is 0 Å². The summed E-state index contributed by atoms with van der Waals surface area (Å²) >= 11 is 0. The maximum absolute atomic E-state index is 13.5. The van der Waals surface area contributed by atoms with Crippen LogP contribution in [0.5, 0.6) is 0 Å². The highest BCUT2D eigenvalue weighted by Gasteiger charge is 2.57. The van der Waals surface area contributed by atoms with Crippen molar-refractivity contribution in [3.8, 4) is 0 Å². The molecule has 4 rings (SSSR count). The van der Waals surface area contributed by atoms with E-state index in [2.05, 4.69) is 0 Å². The second-order valence-corrected chi connectivity index (χ2v) is 8.86. The predicted molar refractivity (Wildman–Crippen MR) is 120 cm³/mol. The molecule has 0 aliphatic carbocycles. The van der Waals surface area contributed by atoms with Gasteiger partial charge in [-0.1, -0.05) is 93.6 Å². The number of hydrogen-bond acceptors (Lipinski definition) is 5. The molecule has 3 aromatic rings. The van der Waals surface area contributed by atoms with Gasteiger partial charge in [0.1, 0.15) is 0 Å². The van der Waals surface area contributed by atoms with Gasteiger partial charge in [-0.25, -0.2) is 9.79 Å². The maximum atomic E-state index is 13.5. The maximum Gasteiger partial charge on any atom is 0.346 e. The summed E-state index contributed by atoms with van der Waals surface area (Å²) in [4.78, 5) is 29.6. The number of hydrogen-bond donors (Lipinski definition) is 0. The number of nitrogens with zero attached hydrogens (tertiary/aromatic N) is 2. The quantitative estimate of drug-likeness (QED) is 0.329. The van der Waals surface area contributed by atoms with Crippen LogP contribution in [0, 0.1) is 15.5 Å². The second-order valence-electron chi connectivity index (χ2n) is 8.86. The molecule has 0 saturated carbocycles. The van der Waals surface area contributed by atoms with E-state index in [1.54, 1.807) is 24.3 Å². The lowest BCUT2D eigenvalue weighted by Crippen LogP contribution is -2.41. The van der Waals surface area contributed by atoms with E-state index < -0.39 is 29.4 Å². The van der Waals surface area contributed by atoms with Crippen LogP contribution >= 0.6 is 0 Å². The van der Waals surface area contributed by atoms with Crippen molar-refractivity contribution >= 4 is 22.6 Å². The van der Waals surface area contributed by atoms with Gasteiger partial charge >= 0.3 is 5.97 Å². The van der Waals surface area contributed by atoms with E-state index in [1.807, 2.05) is 69.3 Å². The Bertz CT molecular complexity index is 1180. The van der Waals surface area contributed by atoms with Crippen molar-refractivity contribution in [2.75, 3.05) is 6.54 Å². The minimum atomic E-state index is -1.53. The zero-order valence-corrected chi connectivity index (χ0v) is 17.7. The largest absolute Gasteiger partial charge is 0.409 e. The lowest BCUT2D eigenvalue weighted by Gasteiger charge is -2.30. The number of fused-ring (bicyclic) bond motifs is 1. The summed E-state index contributed by atoms with van der Waals surface area (Å²) in [6, 6.07) is 22.5. The topological polar surface area (TPSA) is 81.8 Å². The van der Waals surface area contributed by atoms with Crippen molar-refractivity contribution in [2.45, 2.75) is 32.2 Å². The van der Waals surface area contributed by atoms with Gasteiger partial charge in [0.25, 0.3) is 0 Å². The number of carbonyl (C=O) groups excluding carboxylic acids is 1. The summed E-state index contributed by atoms with van der Waals surface area (Å²) in [6.07, 6.45) is 0. The van der Waals surface area contributed by atoms with Crippen LogP contribution in [0.25, 0.3) is 10.8 Å². The molecule has 0 N–H and O–H groups in total. The molecule has 0 aromatic heterocycles. The fourth-order valence-corrected chi connectivity index (χ4v) is 4.06. The zero-order chi connectivity index (χ0) is 22.2. The van der Waals surface area contributed by atoms with Gasteiger partial charge in [-0.3, -0.25) is 10.1 Å². The molecule has 1 aliphatic rings. The molecule has 6 nitrogen and oxygen atoms in total. The first-order chi connectivity index (χ1) is 14.7. The Morgan fingerprint density at radius 1 is 1.00 bits per heavy atom. The van der Waals surface area contributed by atoms with Crippen LogP contribution in [0.2, 0.25) is 0 Å². The molecular weight excluding hydrogens is 392 g/mol. The number of aliphatic imine (C=N–C) groups is 1. The molecule has 0 saturated heterocycles. The van der Waals surface area contributed by atoms with Crippen molar-refractivity contribution in [1.82, 2.24) is 0 Å². The molecule has 6 heteroatoms. The van der Waals surface area contributed by atoms with E-state index in [0.29, 0.717) is 11.1 Å². The van der Waals surface area contributed by atoms with Gasteiger partial charge < -0.3 is 4.74 Å². The Kier molecular flexibility index (Phi) is 5.09. The Hall–Kier alpha value is -3.54. The van der Waals surface area contributed by atoms with E-state index in [0.717, 1.165) is 10.8 Å². The van der Waals surface area contributed by atoms with E-state index >= 15 is 0 Å². The van der Waals surface area contributed by atoms with E-state index in [9.17, 15) is 14.9 Å². The standard InChI is InChI=1S/C25H24N2O4/c1-24(2,3)22-26-25(23(28)31-22,20-11-5-4-6-12-20)21(16-27(29)30)19-14-13-17-9-7-8-10-18(17)15-19/h4-15,21H,16H2,1-3H3. The molecular formula is C25H24N2O4. The van der Waals surface area contributed by atoms with Gasteiger partial charge in [-0.2, -0.15) is 0 Å². The van der Waals surface area contributed by atoms with Gasteiger partial charge in [0.2, 0.25) is 12.4 Å². The lowest BCUT2D eigenvalue weighted by molar-refractivity contribution is -0.485. The van der Waals surface area contributed by atoms with Crippen LogP contribution in [-0.4, -0.2) is 23.3 Å². The molecule has 2 unspecified atom stereocenters. The Morgan fingerprint density at radius 3 is 2.26 bits per heavy atom. The minimum Gasteiger partial charge on any atom is -0.409 e. The van der Waals surface area contributed by atoms with Crippen molar-refractivity contribution in [1.29, 1.82) is 0 Å². The monoisotopic (exact) mass is 416 g/mol. The second kappa shape index (κ2) is 7.61. The Balaban J connectivity index is 1.98. The summed E-state index contributed by atoms with van der Waals surface area (Å²) in [6.45, 7) is 5.25. The van der Waals surface area contributed by atoms with E-state index in [4.69, 9.17) is 9.73 Å². The third kappa shape index (κ3) is 3.69. The third-order valence-corrected chi connectivity index (χ3v) is 5.65. The van der Waals surface area contributed by atoms with Crippen molar-refractivity contribution in [3.05, 3.63) is 94.0 Å². The van der Waals surface area contributed by atoms with E-state index in [1.165, 1.54) is 0 Å². The highest BCUT2D eigenvalue weighted by molar-refractivity contribution is 6.03. The fraction of sp³-hybridized carbons (Fsp3) is 0.280. The van der Waals surface area contributed by atoms with Crippen molar-refractivity contribution in [3.63, 3.8) is 0 Å². The average Bonchev–Trinajstić information content (AvgIpc) is 3.10. The van der Waals surface area contributed by atoms with Crippen LogP contribution in [-0.2, 0) is 15.1 Å². The molecule has 0 spiro atoms. The predicted octanol–water partition coefficient (Wildman–Crippen LogP) is 5.10. The first-order valence-corrected chi connectivity index (χ1v) is 10.2. The molecule has 0 amide bonds. The van der Waals surface area contributed by atoms with Gasteiger partial charge in [-0.15, -0.1) is 0 Å². The van der Waals surface area contributed by atoms with Crippen LogP contribution in [0.4, 0.5) is 0 Å².